The van der Waals surface area contributed by atoms with Crippen molar-refractivity contribution in [3.63, 3.8) is 0 Å². The molecule has 1 aliphatic heterocycles. The molecule has 0 amide bonds. The van der Waals surface area contributed by atoms with E-state index in [2.05, 4.69) is 40.2 Å². The zero-order valence-corrected chi connectivity index (χ0v) is 13.7. The maximum atomic E-state index is 6.44. The fourth-order valence-corrected chi connectivity index (χ4v) is 3.55. The molecule has 0 spiro atoms. The molecule has 1 aliphatic carbocycles. The van der Waals surface area contributed by atoms with E-state index in [1.54, 1.807) is 0 Å². The Morgan fingerprint density at radius 1 is 1.10 bits per heavy atom. The number of hydrogen-bond acceptors (Lipinski definition) is 2. The van der Waals surface area contributed by atoms with Crippen LogP contribution in [-0.2, 0) is 6.42 Å². The topological polar surface area (TPSA) is 18.5 Å². The normalized spacial score (nSPS) is 16.3. The summed E-state index contributed by atoms with van der Waals surface area (Å²) in [4.78, 5) is 0. The lowest BCUT2D eigenvalue weighted by Crippen LogP contribution is -1.94. The van der Waals surface area contributed by atoms with Crippen molar-refractivity contribution in [2.45, 2.75) is 25.2 Å². The van der Waals surface area contributed by atoms with Gasteiger partial charge in [0.25, 0.3) is 0 Å². The van der Waals surface area contributed by atoms with Gasteiger partial charge in [0.05, 0.1) is 9.50 Å². The summed E-state index contributed by atoms with van der Waals surface area (Å²) in [7, 11) is 0. The molecule has 0 N–H and O–H groups in total. The summed E-state index contributed by atoms with van der Waals surface area (Å²) in [6.45, 7) is 0.229. The predicted molar refractivity (Wildman–Crippen MR) is 86.5 cm³/mol. The summed E-state index contributed by atoms with van der Waals surface area (Å²) in [5.74, 6) is 2.14. The van der Waals surface area contributed by atoms with E-state index in [1.165, 1.54) is 24.0 Å². The number of ether oxygens (including phenoxy) is 2. The first kappa shape index (κ1) is 13.5. The molecule has 0 radical (unpaired) electrons. The Morgan fingerprint density at radius 2 is 1.81 bits per heavy atom. The van der Waals surface area contributed by atoms with Crippen molar-refractivity contribution in [1.82, 2.24) is 0 Å². The first-order chi connectivity index (χ1) is 10.2. The third kappa shape index (κ3) is 2.53. The minimum absolute atomic E-state index is 0.229. The van der Waals surface area contributed by atoms with Crippen LogP contribution in [-0.4, -0.2) is 6.79 Å². The second-order valence-electron chi connectivity index (χ2n) is 5.59. The van der Waals surface area contributed by atoms with Crippen molar-refractivity contribution in [3.8, 4) is 11.5 Å². The van der Waals surface area contributed by atoms with Gasteiger partial charge in [-0.1, -0.05) is 35.9 Å². The molecule has 0 unspecified atom stereocenters. The second-order valence-corrected chi connectivity index (χ2v) is 6.82. The molecule has 4 rings (SSSR count). The van der Waals surface area contributed by atoms with Crippen LogP contribution < -0.4 is 9.47 Å². The SMILES string of the molecule is Clc1c(Cc2ccc(C3CC3)cc2)cc(Br)c2c1OCO2. The smallest absolute Gasteiger partial charge is 0.231 e. The van der Waals surface area contributed by atoms with Gasteiger partial charge >= 0.3 is 0 Å². The summed E-state index contributed by atoms with van der Waals surface area (Å²) in [6, 6.07) is 10.9. The molecular formula is C17H14BrClO2. The summed E-state index contributed by atoms with van der Waals surface area (Å²) in [6.07, 6.45) is 3.46. The molecular weight excluding hydrogens is 352 g/mol. The van der Waals surface area contributed by atoms with Crippen LogP contribution in [0.3, 0.4) is 0 Å². The highest BCUT2D eigenvalue weighted by Crippen LogP contribution is 2.46. The zero-order valence-electron chi connectivity index (χ0n) is 11.4. The molecule has 2 aromatic carbocycles. The van der Waals surface area contributed by atoms with Gasteiger partial charge in [-0.05, 0) is 63.9 Å². The van der Waals surface area contributed by atoms with E-state index < -0.39 is 0 Å². The van der Waals surface area contributed by atoms with E-state index in [-0.39, 0.29) is 6.79 Å². The Bertz CT molecular complexity index is 693. The molecule has 1 saturated carbocycles. The van der Waals surface area contributed by atoms with Crippen LogP contribution in [0.1, 0.15) is 35.4 Å². The van der Waals surface area contributed by atoms with Crippen LogP contribution in [0.15, 0.2) is 34.8 Å². The van der Waals surface area contributed by atoms with Gasteiger partial charge in [0.15, 0.2) is 11.5 Å². The van der Waals surface area contributed by atoms with Crippen molar-refractivity contribution >= 4 is 27.5 Å². The molecule has 108 valence electrons. The molecule has 2 nitrogen and oxygen atoms in total. The molecule has 2 aliphatic rings. The van der Waals surface area contributed by atoms with E-state index >= 15 is 0 Å². The van der Waals surface area contributed by atoms with Crippen LogP contribution in [0.5, 0.6) is 11.5 Å². The van der Waals surface area contributed by atoms with E-state index in [4.69, 9.17) is 21.1 Å². The summed E-state index contributed by atoms with van der Waals surface area (Å²) >= 11 is 9.96. The molecule has 21 heavy (non-hydrogen) atoms. The van der Waals surface area contributed by atoms with Crippen molar-refractivity contribution < 1.29 is 9.47 Å². The minimum atomic E-state index is 0.229. The summed E-state index contributed by atoms with van der Waals surface area (Å²) < 4.78 is 11.8. The standard InChI is InChI=1S/C17H14BrClO2/c18-14-8-13(15(19)17-16(14)20-9-21-17)7-10-1-3-11(4-2-10)12-5-6-12/h1-4,8,12H,5-7,9H2. The van der Waals surface area contributed by atoms with Gasteiger partial charge in [-0.15, -0.1) is 0 Å². The lowest BCUT2D eigenvalue weighted by atomic mass is 10.0. The third-order valence-electron chi connectivity index (χ3n) is 4.03. The van der Waals surface area contributed by atoms with Crippen LogP contribution in [0, 0.1) is 0 Å². The van der Waals surface area contributed by atoms with Gasteiger partial charge in [-0.25, -0.2) is 0 Å². The Balaban J connectivity index is 1.63. The monoisotopic (exact) mass is 364 g/mol. The van der Waals surface area contributed by atoms with Crippen LogP contribution >= 0.6 is 27.5 Å². The average Bonchev–Trinajstić information content (AvgIpc) is 3.21. The maximum Gasteiger partial charge on any atom is 0.231 e. The second kappa shape index (κ2) is 5.22. The first-order valence-electron chi connectivity index (χ1n) is 7.07. The summed E-state index contributed by atoms with van der Waals surface area (Å²) in [5, 5.41) is 0.650. The largest absolute Gasteiger partial charge is 0.452 e. The highest BCUT2D eigenvalue weighted by molar-refractivity contribution is 9.10. The maximum absolute atomic E-state index is 6.44. The van der Waals surface area contributed by atoms with Gasteiger partial charge in [-0.2, -0.15) is 0 Å². The highest BCUT2D eigenvalue weighted by Gasteiger charge is 2.24. The Morgan fingerprint density at radius 3 is 2.52 bits per heavy atom. The lowest BCUT2D eigenvalue weighted by Gasteiger charge is -2.09. The van der Waals surface area contributed by atoms with E-state index in [1.807, 2.05) is 6.07 Å². The molecule has 0 atom stereocenters. The molecule has 1 heterocycles. The Kier molecular flexibility index (Phi) is 3.35. The van der Waals surface area contributed by atoms with Crippen molar-refractivity contribution in [2.24, 2.45) is 0 Å². The predicted octanol–water partition coefficient (Wildman–Crippen LogP) is 5.30. The van der Waals surface area contributed by atoms with Crippen LogP contribution in [0.4, 0.5) is 0 Å². The van der Waals surface area contributed by atoms with Gasteiger partial charge < -0.3 is 9.47 Å². The van der Waals surface area contributed by atoms with Crippen molar-refractivity contribution in [2.75, 3.05) is 6.79 Å². The van der Waals surface area contributed by atoms with Crippen LogP contribution in [0.2, 0.25) is 5.02 Å². The third-order valence-corrected chi connectivity index (χ3v) is 5.04. The van der Waals surface area contributed by atoms with E-state index in [0.717, 1.165) is 22.4 Å². The van der Waals surface area contributed by atoms with Gasteiger partial charge in [-0.3, -0.25) is 0 Å². The first-order valence-corrected chi connectivity index (χ1v) is 8.25. The zero-order chi connectivity index (χ0) is 14.4. The van der Waals surface area contributed by atoms with Gasteiger partial charge in [0.2, 0.25) is 6.79 Å². The number of benzene rings is 2. The quantitative estimate of drug-likeness (QED) is 0.735. The molecule has 0 aromatic heterocycles. The Labute approximate surface area is 137 Å². The van der Waals surface area contributed by atoms with E-state index in [0.29, 0.717) is 16.5 Å². The van der Waals surface area contributed by atoms with Gasteiger partial charge in [0, 0.05) is 0 Å². The molecule has 4 heteroatoms. The molecule has 2 aromatic rings. The Hall–Kier alpha value is -1.19. The fraction of sp³-hybridized carbons (Fsp3) is 0.294. The van der Waals surface area contributed by atoms with Crippen LogP contribution in [0.25, 0.3) is 0 Å². The molecule has 1 fully saturated rings. The fourth-order valence-electron chi connectivity index (χ4n) is 2.72. The van der Waals surface area contributed by atoms with Crippen molar-refractivity contribution in [3.05, 3.63) is 56.5 Å². The number of hydrogen-bond donors (Lipinski definition) is 0. The van der Waals surface area contributed by atoms with Gasteiger partial charge in [0.1, 0.15) is 0 Å². The molecule has 0 bridgehead atoms. The number of fused-ring (bicyclic) bond motifs is 1. The van der Waals surface area contributed by atoms with E-state index in [9.17, 15) is 0 Å². The highest BCUT2D eigenvalue weighted by atomic mass is 79.9. The van der Waals surface area contributed by atoms with Crippen molar-refractivity contribution in [1.29, 1.82) is 0 Å². The lowest BCUT2D eigenvalue weighted by molar-refractivity contribution is 0.173. The number of rotatable bonds is 3. The molecule has 0 saturated heterocycles. The number of halogens is 2. The minimum Gasteiger partial charge on any atom is -0.452 e. The average molecular weight is 366 g/mol. The summed E-state index contributed by atoms with van der Waals surface area (Å²) in [5.41, 5.74) is 3.76.